The quantitative estimate of drug-likeness (QED) is 0.615. The summed E-state index contributed by atoms with van der Waals surface area (Å²) in [5.74, 6) is -0.329. The van der Waals surface area contributed by atoms with Gasteiger partial charge in [0.1, 0.15) is 10.7 Å². The van der Waals surface area contributed by atoms with Gasteiger partial charge in [0.2, 0.25) is 10.0 Å². The number of carbonyl (C=O) groups excluding carboxylic acids is 1. The topological polar surface area (TPSA) is 82.6 Å². The van der Waals surface area contributed by atoms with Crippen molar-refractivity contribution in [3.05, 3.63) is 65.7 Å². The summed E-state index contributed by atoms with van der Waals surface area (Å²) < 4.78 is 27.3. The van der Waals surface area contributed by atoms with Gasteiger partial charge in [-0.05, 0) is 30.8 Å². The molecule has 162 valence electrons. The first kappa shape index (κ1) is 21.6. The number of carbonyl (C=O) groups is 1. The van der Waals surface area contributed by atoms with E-state index in [1.807, 2.05) is 30.3 Å². The molecule has 7 nitrogen and oxygen atoms in total. The fourth-order valence-electron chi connectivity index (χ4n) is 3.43. The van der Waals surface area contributed by atoms with Crippen molar-refractivity contribution in [2.24, 2.45) is 0 Å². The highest BCUT2D eigenvalue weighted by Gasteiger charge is 2.28. The molecule has 0 aliphatic carbocycles. The summed E-state index contributed by atoms with van der Waals surface area (Å²) in [4.78, 5) is 19.4. The number of hydrogen-bond acceptors (Lipinski definition) is 6. The zero-order valence-corrected chi connectivity index (χ0v) is 18.8. The van der Waals surface area contributed by atoms with E-state index in [0.29, 0.717) is 24.5 Å². The highest BCUT2D eigenvalue weighted by atomic mass is 32.2. The number of piperazine rings is 1. The van der Waals surface area contributed by atoms with E-state index in [1.165, 1.54) is 27.8 Å². The minimum Gasteiger partial charge on any atom is -0.321 e. The Kier molecular flexibility index (Phi) is 6.47. The Labute approximate surface area is 186 Å². The van der Waals surface area contributed by atoms with Crippen molar-refractivity contribution in [1.29, 1.82) is 0 Å². The molecule has 1 aromatic heterocycles. The van der Waals surface area contributed by atoms with Crippen LogP contribution in [-0.4, -0.2) is 61.2 Å². The number of anilines is 1. The second kappa shape index (κ2) is 9.27. The molecule has 0 unspecified atom stereocenters. The molecule has 4 rings (SSSR count). The molecule has 0 saturated carbocycles. The van der Waals surface area contributed by atoms with Gasteiger partial charge in [-0.3, -0.25) is 4.79 Å². The van der Waals surface area contributed by atoms with Crippen LogP contribution in [-0.2, 0) is 10.0 Å². The summed E-state index contributed by atoms with van der Waals surface area (Å²) in [7, 11) is -3.54. The van der Waals surface area contributed by atoms with Gasteiger partial charge in [0.05, 0.1) is 4.90 Å². The monoisotopic (exact) mass is 456 g/mol. The van der Waals surface area contributed by atoms with Crippen molar-refractivity contribution < 1.29 is 13.2 Å². The fourth-order valence-corrected chi connectivity index (χ4v) is 5.66. The summed E-state index contributed by atoms with van der Waals surface area (Å²) in [6.45, 7) is 5.45. The van der Waals surface area contributed by atoms with Crippen LogP contribution in [0.25, 0.3) is 10.6 Å². The van der Waals surface area contributed by atoms with Gasteiger partial charge in [-0.25, -0.2) is 13.4 Å². The normalized spacial score (nSPS) is 15.6. The summed E-state index contributed by atoms with van der Waals surface area (Å²) in [6, 6.07) is 16.0. The number of sulfonamides is 1. The lowest BCUT2D eigenvalue weighted by Crippen LogP contribution is -2.48. The molecule has 3 aromatic rings. The molecule has 1 saturated heterocycles. The maximum atomic E-state index is 12.9. The van der Waals surface area contributed by atoms with Crippen molar-refractivity contribution in [2.75, 3.05) is 38.0 Å². The van der Waals surface area contributed by atoms with Gasteiger partial charge in [-0.15, -0.1) is 11.3 Å². The molecule has 1 aliphatic heterocycles. The van der Waals surface area contributed by atoms with E-state index < -0.39 is 10.0 Å². The average molecular weight is 457 g/mol. The van der Waals surface area contributed by atoms with Gasteiger partial charge in [0.15, 0.2) is 0 Å². The van der Waals surface area contributed by atoms with Crippen molar-refractivity contribution >= 4 is 33.0 Å². The van der Waals surface area contributed by atoms with Gasteiger partial charge in [-0.2, -0.15) is 4.31 Å². The average Bonchev–Trinajstić information content (AvgIpc) is 3.31. The molecule has 1 amide bonds. The minimum atomic E-state index is -3.54. The van der Waals surface area contributed by atoms with Gasteiger partial charge < -0.3 is 10.2 Å². The second-order valence-corrected chi connectivity index (χ2v) is 10.0. The third-order valence-corrected chi connectivity index (χ3v) is 8.09. The molecule has 2 aromatic carbocycles. The SMILES string of the molecule is CCN1CCN(S(=O)(=O)c2ccc(NC(=O)c3csc(-c4ccccc4)n3)cc2)CC1. The van der Waals surface area contributed by atoms with Gasteiger partial charge in [-0.1, -0.05) is 37.3 Å². The van der Waals surface area contributed by atoms with E-state index >= 15 is 0 Å². The van der Waals surface area contributed by atoms with Crippen LogP contribution in [0.2, 0.25) is 0 Å². The summed E-state index contributed by atoms with van der Waals surface area (Å²) in [6.07, 6.45) is 0. The third-order valence-electron chi connectivity index (χ3n) is 5.29. The largest absolute Gasteiger partial charge is 0.321 e. The van der Waals surface area contributed by atoms with Crippen LogP contribution in [0.3, 0.4) is 0 Å². The predicted octanol–water partition coefficient (Wildman–Crippen LogP) is 3.39. The Balaban J connectivity index is 1.42. The van der Waals surface area contributed by atoms with E-state index in [4.69, 9.17) is 0 Å². The number of nitrogens with one attached hydrogen (secondary N) is 1. The molecule has 0 bridgehead atoms. The molecular weight excluding hydrogens is 432 g/mol. The molecule has 9 heteroatoms. The van der Waals surface area contributed by atoms with Crippen LogP contribution in [0.15, 0.2) is 64.9 Å². The van der Waals surface area contributed by atoms with E-state index in [-0.39, 0.29) is 10.8 Å². The van der Waals surface area contributed by atoms with Gasteiger partial charge in [0.25, 0.3) is 5.91 Å². The molecule has 0 radical (unpaired) electrons. The highest BCUT2D eigenvalue weighted by molar-refractivity contribution is 7.89. The Morgan fingerprint density at radius 2 is 1.71 bits per heavy atom. The molecular formula is C22H24N4O3S2. The predicted molar refractivity (Wildman–Crippen MR) is 123 cm³/mol. The van der Waals surface area contributed by atoms with Gasteiger partial charge >= 0.3 is 0 Å². The molecule has 1 aliphatic rings. The van der Waals surface area contributed by atoms with Crippen molar-refractivity contribution in [3.63, 3.8) is 0 Å². The first-order chi connectivity index (χ1) is 15.0. The Hall–Kier alpha value is -2.59. The third kappa shape index (κ3) is 4.85. The molecule has 0 atom stereocenters. The maximum Gasteiger partial charge on any atom is 0.275 e. The molecule has 1 N–H and O–H groups in total. The molecule has 31 heavy (non-hydrogen) atoms. The smallest absolute Gasteiger partial charge is 0.275 e. The minimum absolute atomic E-state index is 0.232. The van der Waals surface area contributed by atoms with Crippen molar-refractivity contribution in [2.45, 2.75) is 11.8 Å². The van der Waals surface area contributed by atoms with Crippen LogP contribution in [0.1, 0.15) is 17.4 Å². The number of amides is 1. The standard InChI is InChI=1S/C22H24N4O3S2/c1-2-25-12-14-26(15-13-25)31(28,29)19-10-8-18(9-11-19)23-21(27)20-16-30-22(24-20)17-6-4-3-5-7-17/h3-11,16H,2,12-15H2,1H3,(H,23,27). The fraction of sp³-hybridized carbons (Fsp3) is 0.273. The van der Waals surface area contributed by atoms with Crippen LogP contribution in [0.5, 0.6) is 0 Å². The first-order valence-corrected chi connectivity index (χ1v) is 12.4. The van der Waals surface area contributed by atoms with Crippen LogP contribution in [0.4, 0.5) is 5.69 Å². The maximum absolute atomic E-state index is 12.9. The van der Waals surface area contributed by atoms with Crippen LogP contribution < -0.4 is 5.32 Å². The number of rotatable bonds is 6. The summed E-state index contributed by atoms with van der Waals surface area (Å²) in [5, 5.41) is 5.27. The van der Waals surface area contributed by atoms with Crippen LogP contribution >= 0.6 is 11.3 Å². The van der Waals surface area contributed by atoms with E-state index in [0.717, 1.165) is 30.2 Å². The number of benzene rings is 2. The van der Waals surface area contributed by atoms with Crippen molar-refractivity contribution in [3.8, 4) is 10.6 Å². The number of hydrogen-bond donors (Lipinski definition) is 1. The summed E-state index contributed by atoms with van der Waals surface area (Å²) in [5.41, 5.74) is 1.81. The summed E-state index contributed by atoms with van der Waals surface area (Å²) >= 11 is 1.40. The lowest BCUT2D eigenvalue weighted by atomic mass is 10.2. The van der Waals surface area contributed by atoms with E-state index in [2.05, 4.69) is 22.1 Å². The lowest BCUT2D eigenvalue weighted by molar-refractivity contribution is 0.102. The lowest BCUT2D eigenvalue weighted by Gasteiger charge is -2.33. The number of thiazole rings is 1. The molecule has 2 heterocycles. The molecule has 0 spiro atoms. The van der Waals surface area contributed by atoms with E-state index in [1.54, 1.807) is 17.5 Å². The second-order valence-electron chi connectivity index (χ2n) is 7.22. The first-order valence-electron chi connectivity index (χ1n) is 10.1. The van der Waals surface area contributed by atoms with Gasteiger partial charge in [0, 0.05) is 42.8 Å². The van der Waals surface area contributed by atoms with E-state index in [9.17, 15) is 13.2 Å². The number of nitrogens with zero attached hydrogens (tertiary/aromatic N) is 3. The zero-order chi connectivity index (χ0) is 21.8. The Morgan fingerprint density at radius 3 is 2.35 bits per heavy atom. The zero-order valence-electron chi connectivity index (χ0n) is 17.2. The van der Waals surface area contributed by atoms with Crippen molar-refractivity contribution in [1.82, 2.24) is 14.2 Å². The Bertz CT molecular complexity index is 1140. The molecule has 1 fully saturated rings. The highest BCUT2D eigenvalue weighted by Crippen LogP contribution is 2.24. The number of likely N-dealkylation sites (N-methyl/N-ethyl adjacent to an activating group) is 1. The Morgan fingerprint density at radius 1 is 1.03 bits per heavy atom. The number of aromatic nitrogens is 1. The van der Waals surface area contributed by atoms with Crippen LogP contribution in [0, 0.1) is 0 Å².